The average molecular weight is 473 g/mol. The van der Waals surface area contributed by atoms with Gasteiger partial charge in [0, 0.05) is 22.0 Å². The molecule has 0 radical (unpaired) electrons. The van der Waals surface area contributed by atoms with Crippen molar-refractivity contribution in [2.24, 2.45) is 5.73 Å². The summed E-state index contributed by atoms with van der Waals surface area (Å²) in [6, 6.07) is 3.14. The van der Waals surface area contributed by atoms with E-state index in [2.05, 4.69) is 0 Å². The van der Waals surface area contributed by atoms with Gasteiger partial charge in [0.1, 0.15) is 6.04 Å². The molecule has 0 aliphatic heterocycles. The Hall–Kier alpha value is -2.46. The van der Waals surface area contributed by atoms with Crippen LogP contribution in [0.1, 0.15) is 27.0 Å². The highest BCUT2D eigenvalue weighted by molar-refractivity contribution is 6.35. The Morgan fingerprint density at radius 2 is 1.47 bits per heavy atom. The fraction of sp³-hybridized carbons (Fsp3) is 0.222. The van der Waals surface area contributed by atoms with Crippen LogP contribution in [0.25, 0.3) is 0 Å². The maximum absolute atomic E-state index is 13.0. The monoisotopic (exact) mass is 472 g/mol. The lowest BCUT2D eigenvalue weighted by molar-refractivity contribution is -0.143. The van der Waals surface area contributed by atoms with E-state index in [9.17, 15) is 35.9 Å². The summed E-state index contributed by atoms with van der Waals surface area (Å²) in [6.07, 6.45) is -10.5. The maximum Gasteiger partial charge on any atom is 0.416 e. The summed E-state index contributed by atoms with van der Waals surface area (Å²) in [5.41, 5.74) is 1.26. The Labute approximate surface area is 175 Å². The Kier molecular flexibility index (Phi) is 6.93. The third-order valence-electron chi connectivity index (χ3n) is 3.94. The van der Waals surface area contributed by atoms with Crippen LogP contribution in [0.2, 0.25) is 10.0 Å². The van der Waals surface area contributed by atoms with Crippen LogP contribution in [0.5, 0.6) is 0 Å². The molecule has 2 aromatic rings. The van der Waals surface area contributed by atoms with E-state index >= 15 is 0 Å². The molecule has 0 bridgehead atoms. The van der Waals surface area contributed by atoms with Crippen molar-refractivity contribution >= 4 is 35.0 Å². The molecule has 1 atom stereocenters. The summed E-state index contributed by atoms with van der Waals surface area (Å²) in [7, 11) is 0. The van der Waals surface area contributed by atoms with Gasteiger partial charge < -0.3 is 11.1 Å². The summed E-state index contributed by atoms with van der Waals surface area (Å²) in [5, 5.41) is 2.45. The average Bonchev–Trinajstić information content (AvgIpc) is 2.61. The maximum atomic E-state index is 13.0. The van der Waals surface area contributed by atoms with Gasteiger partial charge in [-0.25, -0.2) is 0 Å². The van der Waals surface area contributed by atoms with Gasteiger partial charge in [0.25, 0.3) is 5.91 Å². The second-order valence-electron chi connectivity index (χ2n) is 6.16. The van der Waals surface area contributed by atoms with E-state index in [0.717, 1.165) is 0 Å². The van der Waals surface area contributed by atoms with Crippen molar-refractivity contribution in [3.8, 4) is 0 Å². The first-order valence-electron chi connectivity index (χ1n) is 8.02. The third-order valence-corrected chi connectivity index (χ3v) is 4.52. The number of carbonyl (C=O) groups is 2. The zero-order chi connectivity index (χ0) is 22.9. The number of nitrogens with two attached hydrogens (primary N) is 1. The summed E-state index contributed by atoms with van der Waals surface area (Å²) >= 11 is 11.7. The highest BCUT2D eigenvalue weighted by atomic mass is 35.5. The first-order chi connectivity index (χ1) is 13.7. The second-order valence-corrected chi connectivity index (χ2v) is 7.01. The lowest BCUT2D eigenvalue weighted by Crippen LogP contribution is -2.46. The van der Waals surface area contributed by atoms with Crippen LogP contribution in [-0.2, 0) is 23.6 Å². The van der Waals surface area contributed by atoms with Crippen LogP contribution in [0.15, 0.2) is 36.4 Å². The number of alkyl halides is 6. The Bertz CT molecular complexity index is 944. The third kappa shape index (κ3) is 6.02. The van der Waals surface area contributed by atoms with E-state index in [1.807, 2.05) is 5.32 Å². The fourth-order valence-corrected chi connectivity index (χ4v) is 2.94. The molecule has 2 rings (SSSR count). The van der Waals surface area contributed by atoms with Gasteiger partial charge in [-0.3, -0.25) is 9.59 Å². The molecule has 30 heavy (non-hydrogen) atoms. The van der Waals surface area contributed by atoms with Gasteiger partial charge in [-0.05, 0) is 35.9 Å². The number of halogens is 8. The van der Waals surface area contributed by atoms with Crippen molar-refractivity contribution < 1.29 is 35.9 Å². The molecular formula is C18H12Cl2F6N2O2. The van der Waals surface area contributed by atoms with Gasteiger partial charge in [-0.1, -0.05) is 29.3 Å². The van der Waals surface area contributed by atoms with Gasteiger partial charge in [0.05, 0.1) is 11.1 Å². The smallest absolute Gasteiger partial charge is 0.368 e. The van der Waals surface area contributed by atoms with Crippen LogP contribution in [-0.4, -0.2) is 17.9 Å². The molecule has 0 aromatic heterocycles. The quantitative estimate of drug-likeness (QED) is 0.610. The summed E-state index contributed by atoms with van der Waals surface area (Å²) in [5.74, 6) is -2.42. The van der Waals surface area contributed by atoms with Crippen LogP contribution in [0.4, 0.5) is 26.3 Å². The van der Waals surface area contributed by atoms with Gasteiger partial charge in [-0.15, -0.1) is 0 Å². The molecule has 0 saturated heterocycles. The summed E-state index contributed by atoms with van der Waals surface area (Å²) in [4.78, 5) is 24.0. The molecule has 0 heterocycles. The lowest BCUT2D eigenvalue weighted by Gasteiger charge is -2.18. The highest BCUT2D eigenvalue weighted by Gasteiger charge is 2.37. The largest absolute Gasteiger partial charge is 0.416 e. The van der Waals surface area contributed by atoms with Crippen LogP contribution in [0, 0.1) is 0 Å². The van der Waals surface area contributed by atoms with E-state index in [4.69, 9.17) is 28.9 Å². The summed E-state index contributed by atoms with van der Waals surface area (Å²) < 4.78 is 77.7. The number of benzene rings is 2. The van der Waals surface area contributed by atoms with Gasteiger partial charge in [0.2, 0.25) is 5.91 Å². The minimum absolute atomic E-state index is 0.115. The minimum Gasteiger partial charge on any atom is -0.368 e. The molecule has 2 amide bonds. The minimum atomic E-state index is -5.13. The standard InChI is InChI=1S/C18H12Cl2F6N2O2/c19-12-2-1-8(13(20)7-12)5-14(15(27)29)28-16(30)9-3-10(17(21,22)23)6-11(4-9)18(24,25)26/h1-4,6-7,14H,5H2,(H2,27,29)(H,28,30)/t14-/m0/s1. The molecular weight excluding hydrogens is 461 g/mol. The molecule has 0 unspecified atom stereocenters. The molecule has 3 N–H and O–H groups in total. The Balaban J connectivity index is 2.36. The highest BCUT2D eigenvalue weighted by Crippen LogP contribution is 2.36. The molecule has 0 fully saturated rings. The number of nitrogens with one attached hydrogen (secondary N) is 1. The van der Waals surface area contributed by atoms with Crippen LogP contribution in [0.3, 0.4) is 0 Å². The van der Waals surface area contributed by atoms with Crippen molar-refractivity contribution in [2.45, 2.75) is 24.8 Å². The Morgan fingerprint density at radius 3 is 1.90 bits per heavy atom. The first-order valence-corrected chi connectivity index (χ1v) is 8.77. The lowest BCUT2D eigenvalue weighted by atomic mass is 10.0. The Morgan fingerprint density at radius 1 is 0.933 bits per heavy atom. The SMILES string of the molecule is NC(=O)[C@H](Cc1ccc(Cl)cc1Cl)NC(=O)c1cc(C(F)(F)F)cc(C(F)(F)F)c1. The fourth-order valence-electron chi connectivity index (χ4n) is 2.46. The number of hydrogen-bond acceptors (Lipinski definition) is 2. The van der Waals surface area contributed by atoms with Gasteiger partial charge in [0.15, 0.2) is 0 Å². The number of carbonyl (C=O) groups excluding carboxylic acids is 2. The number of rotatable bonds is 5. The second kappa shape index (κ2) is 8.73. The van der Waals surface area contributed by atoms with Gasteiger partial charge >= 0.3 is 12.4 Å². The zero-order valence-electron chi connectivity index (χ0n) is 14.7. The molecule has 2 aromatic carbocycles. The van der Waals surface area contributed by atoms with Crippen LogP contribution >= 0.6 is 23.2 Å². The topological polar surface area (TPSA) is 72.2 Å². The van der Waals surface area contributed by atoms with E-state index in [1.54, 1.807) is 0 Å². The zero-order valence-corrected chi connectivity index (χ0v) is 16.2. The van der Waals surface area contributed by atoms with E-state index < -0.39 is 46.9 Å². The molecule has 0 saturated carbocycles. The molecule has 12 heteroatoms. The van der Waals surface area contributed by atoms with Gasteiger partial charge in [-0.2, -0.15) is 26.3 Å². The molecule has 162 valence electrons. The normalized spacial score (nSPS) is 13.1. The first kappa shape index (κ1) is 23.8. The molecule has 0 aliphatic rings. The number of primary amides is 1. The van der Waals surface area contributed by atoms with E-state index in [-0.39, 0.29) is 34.7 Å². The van der Waals surface area contributed by atoms with Crippen molar-refractivity contribution in [3.63, 3.8) is 0 Å². The number of hydrogen-bond donors (Lipinski definition) is 2. The summed E-state index contributed by atoms with van der Waals surface area (Å²) in [6.45, 7) is 0. The van der Waals surface area contributed by atoms with E-state index in [1.165, 1.54) is 18.2 Å². The predicted octanol–water partition coefficient (Wildman–Crippen LogP) is 4.86. The van der Waals surface area contributed by atoms with Crippen molar-refractivity contribution in [3.05, 3.63) is 68.7 Å². The van der Waals surface area contributed by atoms with Crippen molar-refractivity contribution in [1.82, 2.24) is 5.32 Å². The molecule has 4 nitrogen and oxygen atoms in total. The van der Waals surface area contributed by atoms with Crippen molar-refractivity contribution in [1.29, 1.82) is 0 Å². The molecule has 0 spiro atoms. The molecule has 0 aliphatic carbocycles. The predicted molar refractivity (Wildman–Crippen MR) is 97.1 cm³/mol. The van der Waals surface area contributed by atoms with Crippen molar-refractivity contribution in [2.75, 3.05) is 0 Å². The van der Waals surface area contributed by atoms with E-state index in [0.29, 0.717) is 5.56 Å². The van der Waals surface area contributed by atoms with Crippen LogP contribution < -0.4 is 11.1 Å². The number of amides is 2.